The largest absolute Gasteiger partial charge is 0.466 e. The molecule has 1 aliphatic rings. The van der Waals surface area contributed by atoms with Crippen LogP contribution in [0.2, 0.25) is 0 Å². The summed E-state index contributed by atoms with van der Waals surface area (Å²) in [7, 11) is 1.25. The molecule has 7 nitrogen and oxygen atoms in total. The molecule has 2 heterocycles. The third kappa shape index (κ3) is 1.87. The van der Waals surface area contributed by atoms with Crippen LogP contribution in [-0.2, 0) is 14.3 Å². The number of nitrogens with zero attached hydrogens (tertiary/aromatic N) is 2. The van der Waals surface area contributed by atoms with Crippen LogP contribution in [0.25, 0.3) is 11.0 Å². The molecule has 0 spiro atoms. The molecule has 1 aromatic heterocycles. The van der Waals surface area contributed by atoms with E-state index in [0.29, 0.717) is 11.3 Å². The van der Waals surface area contributed by atoms with Crippen molar-refractivity contribution < 1.29 is 23.6 Å². The Balaban J connectivity index is 1.91. The Kier molecular flexibility index (Phi) is 2.81. The number of aryl methyl sites for hydroxylation is 1. The molecule has 2 aromatic rings. The van der Waals surface area contributed by atoms with Gasteiger partial charge in [-0.2, -0.15) is 0 Å². The quantitative estimate of drug-likeness (QED) is 0.775. The highest BCUT2D eigenvalue weighted by Crippen LogP contribution is 2.27. The second-order valence-electron chi connectivity index (χ2n) is 4.45. The van der Waals surface area contributed by atoms with Crippen molar-refractivity contribution in [2.24, 2.45) is 0 Å². The van der Waals surface area contributed by atoms with Gasteiger partial charge in [0.25, 0.3) is 0 Å². The van der Waals surface area contributed by atoms with Crippen LogP contribution in [-0.4, -0.2) is 37.0 Å². The fourth-order valence-corrected chi connectivity index (χ4v) is 2.15. The van der Waals surface area contributed by atoms with E-state index >= 15 is 0 Å². The standard InChI is InChI=1S/C13H12N2O5/c1-7-9-4-3-8(5-10(9)20-14-7)15-6-11(12(16)18-2)19-13(15)17/h3-5,11H,6H2,1-2H3. The average Bonchev–Trinajstić information content (AvgIpc) is 3.01. The minimum atomic E-state index is -0.903. The van der Waals surface area contributed by atoms with Crippen LogP contribution < -0.4 is 4.90 Å². The van der Waals surface area contributed by atoms with Gasteiger partial charge in [0.1, 0.15) is 0 Å². The van der Waals surface area contributed by atoms with Crippen molar-refractivity contribution >= 4 is 28.7 Å². The Morgan fingerprint density at radius 2 is 2.30 bits per heavy atom. The van der Waals surface area contributed by atoms with Gasteiger partial charge in [0, 0.05) is 11.5 Å². The van der Waals surface area contributed by atoms with Crippen molar-refractivity contribution in [2.75, 3.05) is 18.6 Å². The highest BCUT2D eigenvalue weighted by molar-refractivity contribution is 5.96. The van der Waals surface area contributed by atoms with E-state index in [-0.39, 0.29) is 6.54 Å². The number of fused-ring (bicyclic) bond motifs is 1. The molecule has 20 heavy (non-hydrogen) atoms. The maximum Gasteiger partial charge on any atom is 0.415 e. The Morgan fingerprint density at radius 3 is 3.05 bits per heavy atom. The van der Waals surface area contributed by atoms with Gasteiger partial charge in [-0.15, -0.1) is 0 Å². The number of esters is 1. The van der Waals surface area contributed by atoms with Crippen molar-refractivity contribution in [3.63, 3.8) is 0 Å². The third-order valence-corrected chi connectivity index (χ3v) is 3.22. The number of methoxy groups -OCH3 is 1. The van der Waals surface area contributed by atoms with Gasteiger partial charge in [0.15, 0.2) is 5.58 Å². The molecule has 3 rings (SSSR count). The van der Waals surface area contributed by atoms with Gasteiger partial charge < -0.3 is 14.0 Å². The lowest BCUT2D eigenvalue weighted by Gasteiger charge is -2.12. The van der Waals surface area contributed by atoms with Gasteiger partial charge in [-0.1, -0.05) is 5.16 Å². The predicted octanol–water partition coefficient (Wildman–Crippen LogP) is 1.63. The molecule has 0 bridgehead atoms. The molecule has 1 unspecified atom stereocenters. The van der Waals surface area contributed by atoms with Crippen LogP contribution in [0.5, 0.6) is 0 Å². The van der Waals surface area contributed by atoms with E-state index in [9.17, 15) is 9.59 Å². The van der Waals surface area contributed by atoms with Gasteiger partial charge in [-0.05, 0) is 19.1 Å². The van der Waals surface area contributed by atoms with Crippen LogP contribution in [0.3, 0.4) is 0 Å². The van der Waals surface area contributed by atoms with Crippen LogP contribution >= 0.6 is 0 Å². The molecule has 1 saturated heterocycles. The average molecular weight is 276 g/mol. The van der Waals surface area contributed by atoms with Crippen molar-refractivity contribution in [3.8, 4) is 0 Å². The molecule has 0 radical (unpaired) electrons. The van der Waals surface area contributed by atoms with E-state index in [0.717, 1.165) is 11.1 Å². The van der Waals surface area contributed by atoms with Gasteiger partial charge in [0.05, 0.1) is 25.0 Å². The van der Waals surface area contributed by atoms with Crippen molar-refractivity contribution in [1.82, 2.24) is 5.16 Å². The Labute approximate surface area is 114 Å². The lowest BCUT2D eigenvalue weighted by molar-refractivity contribution is -0.148. The molecule has 1 aliphatic heterocycles. The fourth-order valence-electron chi connectivity index (χ4n) is 2.15. The number of hydrogen-bond acceptors (Lipinski definition) is 6. The SMILES string of the molecule is COC(=O)C1CN(c2ccc3c(C)noc3c2)C(=O)O1. The summed E-state index contributed by atoms with van der Waals surface area (Å²) in [4.78, 5) is 24.6. The van der Waals surface area contributed by atoms with Gasteiger partial charge in [-0.3, -0.25) is 4.90 Å². The molecule has 1 amide bonds. The van der Waals surface area contributed by atoms with Crippen LogP contribution in [0.15, 0.2) is 22.7 Å². The Hall–Kier alpha value is -2.57. The molecular formula is C13H12N2O5. The lowest BCUT2D eigenvalue weighted by atomic mass is 10.2. The molecule has 0 aliphatic carbocycles. The van der Waals surface area contributed by atoms with Crippen molar-refractivity contribution in [2.45, 2.75) is 13.0 Å². The number of cyclic esters (lactones) is 1. The summed E-state index contributed by atoms with van der Waals surface area (Å²) in [6.45, 7) is 1.95. The normalized spacial score (nSPS) is 18.4. The zero-order chi connectivity index (χ0) is 14.3. The summed E-state index contributed by atoms with van der Waals surface area (Å²) in [5.41, 5.74) is 1.95. The van der Waals surface area contributed by atoms with Crippen LogP contribution in [0.1, 0.15) is 5.69 Å². The first-order valence-electron chi connectivity index (χ1n) is 6.02. The maximum atomic E-state index is 11.8. The number of hydrogen-bond donors (Lipinski definition) is 0. The smallest absolute Gasteiger partial charge is 0.415 e. The van der Waals surface area contributed by atoms with Gasteiger partial charge in [0.2, 0.25) is 6.10 Å². The number of benzene rings is 1. The van der Waals surface area contributed by atoms with Crippen LogP contribution in [0, 0.1) is 6.92 Å². The van der Waals surface area contributed by atoms with E-state index < -0.39 is 18.2 Å². The van der Waals surface area contributed by atoms with Gasteiger partial charge >= 0.3 is 12.1 Å². The monoisotopic (exact) mass is 276 g/mol. The summed E-state index contributed by atoms with van der Waals surface area (Å²) in [6.07, 6.45) is -1.49. The predicted molar refractivity (Wildman–Crippen MR) is 68.4 cm³/mol. The van der Waals surface area contributed by atoms with E-state index in [1.165, 1.54) is 12.0 Å². The molecule has 1 aromatic carbocycles. The van der Waals surface area contributed by atoms with E-state index in [4.69, 9.17) is 9.26 Å². The van der Waals surface area contributed by atoms with Crippen molar-refractivity contribution in [1.29, 1.82) is 0 Å². The maximum absolute atomic E-state index is 11.8. The van der Waals surface area contributed by atoms with E-state index in [2.05, 4.69) is 9.89 Å². The zero-order valence-corrected chi connectivity index (χ0v) is 11.0. The fraction of sp³-hybridized carbons (Fsp3) is 0.308. The molecule has 1 atom stereocenters. The number of carbonyl (C=O) groups is 2. The number of rotatable bonds is 2. The number of aromatic nitrogens is 1. The summed E-state index contributed by atoms with van der Waals surface area (Å²) in [6, 6.07) is 5.26. The van der Waals surface area contributed by atoms with Crippen LogP contribution in [0.4, 0.5) is 10.5 Å². The first kappa shape index (κ1) is 12.5. The van der Waals surface area contributed by atoms with Crippen molar-refractivity contribution in [3.05, 3.63) is 23.9 Å². The number of anilines is 1. The van der Waals surface area contributed by atoms with E-state index in [1.54, 1.807) is 12.1 Å². The summed E-state index contributed by atoms with van der Waals surface area (Å²) < 4.78 is 14.7. The summed E-state index contributed by atoms with van der Waals surface area (Å²) in [5, 5.41) is 4.74. The summed E-state index contributed by atoms with van der Waals surface area (Å²) in [5.74, 6) is -0.572. The molecule has 7 heteroatoms. The number of ether oxygens (including phenoxy) is 2. The third-order valence-electron chi connectivity index (χ3n) is 3.22. The minimum Gasteiger partial charge on any atom is -0.466 e. The second kappa shape index (κ2) is 4.52. The topological polar surface area (TPSA) is 81.9 Å². The molecule has 0 saturated carbocycles. The Morgan fingerprint density at radius 1 is 1.50 bits per heavy atom. The second-order valence-corrected chi connectivity index (χ2v) is 4.45. The lowest BCUT2D eigenvalue weighted by Crippen LogP contribution is -2.28. The molecular weight excluding hydrogens is 264 g/mol. The molecule has 104 valence electrons. The van der Waals surface area contributed by atoms with E-state index in [1.807, 2.05) is 13.0 Å². The minimum absolute atomic E-state index is 0.115. The Bertz CT molecular complexity index is 693. The zero-order valence-electron chi connectivity index (χ0n) is 11.0. The molecule has 1 fully saturated rings. The molecule has 0 N–H and O–H groups in total. The number of carbonyl (C=O) groups excluding carboxylic acids is 2. The first-order chi connectivity index (χ1) is 9.60. The first-order valence-corrected chi connectivity index (χ1v) is 6.02. The highest BCUT2D eigenvalue weighted by Gasteiger charge is 2.37. The summed E-state index contributed by atoms with van der Waals surface area (Å²) >= 11 is 0. The van der Waals surface area contributed by atoms with Gasteiger partial charge in [-0.25, -0.2) is 9.59 Å². The number of amides is 1. The highest BCUT2D eigenvalue weighted by atomic mass is 16.6.